The van der Waals surface area contributed by atoms with Crippen molar-refractivity contribution in [3.05, 3.63) is 33.8 Å². The van der Waals surface area contributed by atoms with E-state index in [9.17, 15) is 19.8 Å². The molecule has 0 aliphatic carbocycles. The summed E-state index contributed by atoms with van der Waals surface area (Å²) in [4.78, 5) is 24.5. The maximum absolute atomic E-state index is 12.2. The molecule has 0 aromatic heterocycles. The molecule has 0 fully saturated rings. The van der Waals surface area contributed by atoms with Crippen LogP contribution in [0.1, 0.15) is 38.8 Å². The van der Waals surface area contributed by atoms with E-state index in [-0.39, 0.29) is 6.54 Å². The van der Waals surface area contributed by atoms with E-state index in [1.165, 1.54) is 6.92 Å². The van der Waals surface area contributed by atoms with Crippen LogP contribution in [0.15, 0.2) is 22.7 Å². The van der Waals surface area contributed by atoms with Crippen LogP contribution < -0.4 is 0 Å². The molecule has 1 amide bonds. The molecule has 1 aromatic rings. The van der Waals surface area contributed by atoms with Gasteiger partial charge in [-0.05, 0) is 32.4 Å². The molecular formula is C16H21BrNO4+. The second-order valence-electron chi connectivity index (χ2n) is 6.88. The van der Waals surface area contributed by atoms with Crippen LogP contribution in [0.25, 0.3) is 0 Å². The van der Waals surface area contributed by atoms with Crippen molar-refractivity contribution in [2.45, 2.75) is 45.2 Å². The van der Waals surface area contributed by atoms with Crippen LogP contribution in [-0.2, 0) is 16.8 Å². The third-order valence-corrected chi connectivity index (χ3v) is 5.74. The fourth-order valence-corrected chi connectivity index (χ4v) is 4.40. The highest BCUT2D eigenvalue weighted by Crippen LogP contribution is 2.48. The minimum Gasteiger partial charge on any atom is -0.476 e. The second kappa shape index (κ2) is 5.06. The van der Waals surface area contributed by atoms with Crippen molar-refractivity contribution in [3.63, 3.8) is 0 Å². The van der Waals surface area contributed by atoms with Gasteiger partial charge in [0.05, 0.1) is 6.54 Å². The SMILES string of the molecule is CC(C)(C)[N+]1(C(=O)O)CCc2c(Br)cccc2C1(C)C(=O)O. The lowest BCUT2D eigenvalue weighted by Crippen LogP contribution is -2.76. The van der Waals surface area contributed by atoms with E-state index in [4.69, 9.17) is 0 Å². The minimum absolute atomic E-state index is 0.233. The average molecular weight is 371 g/mol. The lowest BCUT2D eigenvalue weighted by molar-refractivity contribution is -0.949. The summed E-state index contributed by atoms with van der Waals surface area (Å²) in [5.74, 6) is -1.12. The van der Waals surface area contributed by atoms with Crippen LogP contribution in [0.3, 0.4) is 0 Å². The smallest absolute Gasteiger partial charge is 0.476 e. The highest BCUT2D eigenvalue weighted by Gasteiger charge is 2.67. The Morgan fingerprint density at radius 2 is 1.86 bits per heavy atom. The summed E-state index contributed by atoms with van der Waals surface area (Å²) >= 11 is 3.46. The quantitative estimate of drug-likeness (QED) is 0.740. The van der Waals surface area contributed by atoms with Crippen molar-refractivity contribution < 1.29 is 24.3 Å². The Morgan fingerprint density at radius 1 is 1.27 bits per heavy atom. The maximum atomic E-state index is 12.2. The molecule has 0 spiro atoms. The van der Waals surface area contributed by atoms with Gasteiger partial charge in [0, 0.05) is 23.4 Å². The van der Waals surface area contributed by atoms with Gasteiger partial charge in [-0.15, -0.1) is 0 Å². The summed E-state index contributed by atoms with van der Waals surface area (Å²) in [6.45, 7) is 7.11. The molecule has 1 aliphatic heterocycles. The summed E-state index contributed by atoms with van der Waals surface area (Å²) in [5.41, 5.74) is -0.870. The molecule has 5 nitrogen and oxygen atoms in total. The monoisotopic (exact) mass is 370 g/mol. The van der Waals surface area contributed by atoms with Crippen molar-refractivity contribution >= 4 is 28.0 Å². The van der Waals surface area contributed by atoms with Gasteiger partial charge in [0.15, 0.2) is 0 Å². The standard InChI is InChI=1S/C16H20BrNO4/c1-15(2,3)18(14(21)22)9-8-10-11(6-5-7-12(10)17)16(18,4)13(19)20/h5-7H,8-9H2,1-4H3,(H-,19,20,21,22)/p+1. The largest absolute Gasteiger partial charge is 0.515 e. The number of benzene rings is 1. The second-order valence-corrected chi connectivity index (χ2v) is 7.73. The van der Waals surface area contributed by atoms with Crippen LogP contribution in [-0.4, -0.2) is 38.8 Å². The number of nitrogens with zero attached hydrogens (tertiary/aromatic N) is 1. The summed E-state index contributed by atoms with van der Waals surface area (Å²) < 4.78 is 0.299. The molecule has 0 bridgehead atoms. The zero-order chi connectivity index (χ0) is 16.9. The van der Waals surface area contributed by atoms with Crippen LogP contribution in [0.5, 0.6) is 0 Å². The molecule has 22 heavy (non-hydrogen) atoms. The van der Waals surface area contributed by atoms with Gasteiger partial charge in [-0.2, -0.15) is 4.79 Å². The van der Waals surface area contributed by atoms with E-state index in [1.807, 2.05) is 6.07 Å². The summed E-state index contributed by atoms with van der Waals surface area (Å²) in [5, 5.41) is 20.0. The average Bonchev–Trinajstić information content (AvgIpc) is 2.38. The van der Waals surface area contributed by atoms with E-state index in [0.717, 1.165) is 10.0 Å². The number of fused-ring (bicyclic) bond motifs is 1. The number of rotatable bonds is 1. The Morgan fingerprint density at radius 3 is 2.32 bits per heavy atom. The van der Waals surface area contributed by atoms with Gasteiger partial charge in [0.25, 0.3) is 0 Å². The molecule has 6 heteroatoms. The van der Waals surface area contributed by atoms with E-state index >= 15 is 0 Å². The fourth-order valence-electron chi connectivity index (χ4n) is 3.84. The third-order valence-electron chi connectivity index (χ3n) is 4.99. The first kappa shape index (κ1) is 17.0. The first-order chi connectivity index (χ1) is 10.00. The van der Waals surface area contributed by atoms with Crippen molar-refractivity contribution in [1.82, 2.24) is 0 Å². The predicted molar refractivity (Wildman–Crippen MR) is 85.7 cm³/mol. The van der Waals surface area contributed by atoms with Gasteiger partial charge in [0.2, 0.25) is 5.54 Å². The van der Waals surface area contributed by atoms with Gasteiger partial charge >= 0.3 is 12.1 Å². The van der Waals surface area contributed by atoms with Crippen molar-refractivity contribution in [2.24, 2.45) is 0 Å². The topological polar surface area (TPSA) is 74.6 Å². The number of aliphatic carboxylic acids is 1. The van der Waals surface area contributed by atoms with Gasteiger partial charge in [-0.1, -0.05) is 28.1 Å². The number of hydrogen-bond donors (Lipinski definition) is 2. The highest BCUT2D eigenvalue weighted by atomic mass is 79.9. The van der Waals surface area contributed by atoms with Crippen LogP contribution >= 0.6 is 15.9 Å². The molecule has 1 aromatic carbocycles. The van der Waals surface area contributed by atoms with E-state index < -0.39 is 27.6 Å². The molecular weight excluding hydrogens is 350 g/mol. The molecule has 2 rings (SSSR count). The summed E-state index contributed by atoms with van der Waals surface area (Å²) in [6.07, 6.45) is -0.591. The minimum atomic E-state index is -1.55. The number of amides is 1. The van der Waals surface area contributed by atoms with Gasteiger partial charge in [-0.3, -0.25) is 0 Å². The van der Waals surface area contributed by atoms with Crippen LogP contribution in [0, 0.1) is 0 Å². The zero-order valence-electron chi connectivity index (χ0n) is 13.2. The number of halogens is 1. The lowest BCUT2D eigenvalue weighted by atomic mass is 9.76. The number of carboxylic acid groups (broad SMARTS) is 2. The van der Waals surface area contributed by atoms with E-state index in [0.29, 0.717) is 12.0 Å². The molecule has 0 saturated carbocycles. The Bertz CT molecular complexity index is 652. The van der Waals surface area contributed by atoms with Crippen LogP contribution in [0.4, 0.5) is 4.79 Å². The third kappa shape index (κ3) is 1.93. The molecule has 2 atom stereocenters. The maximum Gasteiger partial charge on any atom is 0.515 e. The summed E-state index contributed by atoms with van der Waals surface area (Å²) in [7, 11) is 0. The molecule has 2 N–H and O–H groups in total. The molecule has 1 aliphatic rings. The van der Waals surface area contributed by atoms with Crippen molar-refractivity contribution in [1.29, 1.82) is 0 Å². The van der Waals surface area contributed by atoms with Crippen molar-refractivity contribution in [2.75, 3.05) is 6.54 Å². The first-order valence-electron chi connectivity index (χ1n) is 7.13. The number of carbonyl (C=O) groups is 2. The fraction of sp³-hybridized carbons (Fsp3) is 0.500. The molecule has 0 radical (unpaired) electrons. The van der Waals surface area contributed by atoms with Crippen LogP contribution in [0.2, 0.25) is 0 Å². The number of quaternary nitrogens is 1. The van der Waals surface area contributed by atoms with Gasteiger partial charge in [0.1, 0.15) is 5.54 Å². The van der Waals surface area contributed by atoms with E-state index in [2.05, 4.69) is 15.9 Å². The highest BCUT2D eigenvalue weighted by molar-refractivity contribution is 9.10. The zero-order valence-corrected chi connectivity index (χ0v) is 14.8. The predicted octanol–water partition coefficient (Wildman–Crippen LogP) is 3.60. The Hall–Kier alpha value is -1.40. The Kier molecular flexibility index (Phi) is 3.90. The molecule has 1 heterocycles. The molecule has 2 unspecified atom stereocenters. The number of carboxylic acids is 1. The first-order valence-corrected chi connectivity index (χ1v) is 7.92. The number of hydrogen-bond acceptors (Lipinski definition) is 2. The van der Waals surface area contributed by atoms with Crippen molar-refractivity contribution in [3.8, 4) is 0 Å². The Balaban J connectivity index is 2.90. The van der Waals surface area contributed by atoms with Gasteiger partial charge < -0.3 is 10.2 Å². The van der Waals surface area contributed by atoms with Gasteiger partial charge in [-0.25, -0.2) is 9.28 Å². The normalized spacial score (nSPS) is 28.0. The Labute approximate surface area is 138 Å². The van der Waals surface area contributed by atoms with E-state index in [1.54, 1.807) is 32.9 Å². The lowest BCUT2D eigenvalue weighted by Gasteiger charge is -2.55. The summed E-state index contributed by atoms with van der Waals surface area (Å²) in [6, 6.07) is 5.35. The molecule has 120 valence electrons. The molecule has 0 saturated heterocycles.